The van der Waals surface area contributed by atoms with Crippen molar-refractivity contribution in [1.82, 2.24) is 4.90 Å². The van der Waals surface area contributed by atoms with Crippen LogP contribution in [0.2, 0.25) is 0 Å². The van der Waals surface area contributed by atoms with Crippen molar-refractivity contribution in [2.45, 2.75) is 18.8 Å². The zero-order valence-electron chi connectivity index (χ0n) is 11.8. The van der Waals surface area contributed by atoms with E-state index in [0.29, 0.717) is 11.8 Å². The van der Waals surface area contributed by atoms with E-state index >= 15 is 0 Å². The molecule has 3 atom stereocenters. The molecule has 0 aromatic heterocycles. The van der Waals surface area contributed by atoms with Crippen molar-refractivity contribution in [3.05, 3.63) is 35.4 Å². The average Bonchev–Trinajstić information content (AvgIpc) is 3.21. The molecule has 4 nitrogen and oxygen atoms in total. The largest absolute Gasteiger partial charge is 0.468 e. The predicted octanol–water partition coefficient (Wildman–Crippen LogP) is 1.59. The number of ether oxygens (including phenoxy) is 1. The Morgan fingerprint density at radius 1 is 1.35 bits per heavy atom. The molecule has 0 N–H and O–H groups in total. The lowest BCUT2D eigenvalue weighted by Crippen LogP contribution is -2.34. The zero-order valence-corrected chi connectivity index (χ0v) is 11.8. The van der Waals surface area contributed by atoms with E-state index in [0.717, 1.165) is 12.8 Å². The molecule has 0 spiro atoms. The molecule has 3 rings (SSSR count). The number of aryl methyl sites for hydroxylation is 1. The molecule has 1 amide bonds. The molecule has 0 bridgehead atoms. The van der Waals surface area contributed by atoms with Gasteiger partial charge in [-0.1, -0.05) is 24.3 Å². The third-order valence-corrected chi connectivity index (χ3v) is 4.59. The topological polar surface area (TPSA) is 46.6 Å². The van der Waals surface area contributed by atoms with Crippen molar-refractivity contribution in [1.29, 1.82) is 0 Å². The number of benzene rings is 1. The summed E-state index contributed by atoms with van der Waals surface area (Å²) in [5.41, 5.74) is 2.70. The number of amides is 1. The molecular formula is C16H19NO3. The monoisotopic (exact) mass is 273 g/mol. The van der Waals surface area contributed by atoms with Gasteiger partial charge >= 0.3 is 5.97 Å². The van der Waals surface area contributed by atoms with Crippen molar-refractivity contribution < 1.29 is 14.3 Å². The highest BCUT2D eigenvalue weighted by Gasteiger charge is 2.57. The van der Waals surface area contributed by atoms with Crippen LogP contribution < -0.4 is 0 Å². The van der Waals surface area contributed by atoms with Crippen molar-refractivity contribution in [3.8, 4) is 0 Å². The smallest absolute Gasteiger partial charge is 0.325 e. The van der Waals surface area contributed by atoms with Gasteiger partial charge < -0.3 is 9.64 Å². The number of rotatable bonds is 3. The van der Waals surface area contributed by atoms with Crippen molar-refractivity contribution in [2.24, 2.45) is 11.8 Å². The molecule has 0 saturated heterocycles. The number of hydrogen-bond acceptors (Lipinski definition) is 3. The Morgan fingerprint density at radius 2 is 2.10 bits per heavy atom. The van der Waals surface area contributed by atoms with E-state index in [2.05, 4.69) is 22.9 Å². The van der Waals surface area contributed by atoms with E-state index in [1.54, 1.807) is 7.05 Å². The van der Waals surface area contributed by atoms with Crippen LogP contribution in [0.5, 0.6) is 0 Å². The first kappa shape index (κ1) is 13.2. The van der Waals surface area contributed by atoms with Gasteiger partial charge in [-0.05, 0) is 35.8 Å². The first-order chi connectivity index (χ1) is 9.63. The maximum Gasteiger partial charge on any atom is 0.325 e. The van der Waals surface area contributed by atoms with Crippen LogP contribution in [0.4, 0.5) is 0 Å². The summed E-state index contributed by atoms with van der Waals surface area (Å²) in [5.74, 6) is 0.560. The Hall–Kier alpha value is -1.84. The molecule has 1 aromatic rings. The van der Waals surface area contributed by atoms with Gasteiger partial charge in [0.15, 0.2) is 0 Å². The highest BCUT2D eigenvalue weighted by Crippen LogP contribution is 2.60. The molecule has 4 heteroatoms. The van der Waals surface area contributed by atoms with Crippen LogP contribution in [0.15, 0.2) is 24.3 Å². The summed E-state index contributed by atoms with van der Waals surface area (Å²) in [6.07, 6.45) is 2.13. The van der Waals surface area contributed by atoms with Crippen molar-refractivity contribution in [3.63, 3.8) is 0 Å². The van der Waals surface area contributed by atoms with Gasteiger partial charge in [0, 0.05) is 13.0 Å². The second-order valence-corrected chi connectivity index (χ2v) is 5.72. The van der Waals surface area contributed by atoms with Gasteiger partial charge in [-0.3, -0.25) is 9.59 Å². The number of hydrogen-bond donors (Lipinski definition) is 0. The normalized spacial score (nSPS) is 26.2. The fourth-order valence-corrected chi connectivity index (χ4v) is 3.49. The molecule has 0 aliphatic heterocycles. The van der Waals surface area contributed by atoms with E-state index in [1.807, 2.05) is 6.07 Å². The summed E-state index contributed by atoms with van der Waals surface area (Å²) < 4.78 is 4.61. The quantitative estimate of drug-likeness (QED) is 0.786. The second kappa shape index (κ2) is 4.93. The van der Waals surface area contributed by atoms with Crippen LogP contribution in [0.25, 0.3) is 0 Å². The van der Waals surface area contributed by atoms with Gasteiger partial charge in [0.05, 0.1) is 7.11 Å². The third-order valence-electron chi connectivity index (χ3n) is 4.59. The lowest BCUT2D eigenvalue weighted by atomic mass is 9.92. The van der Waals surface area contributed by atoms with Gasteiger partial charge in [0.25, 0.3) is 0 Å². The maximum absolute atomic E-state index is 12.5. The molecule has 0 heterocycles. The van der Waals surface area contributed by atoms with Gasteiger partial charge in [-0.25, -0.2) is 0 Å². The minimum Gasteiger partial charge on any atom is -0.468 e. The molecule has 1 aromatic carbocycles. The Labute approximate surface area is 118 Å². The SMILES string of the molecule is COC(=O)CN(C)C(=O)C1C2CCc3ccccc3C21. The molecular weight excluding hydrogens is 254 g/mol. The average molecular weight is 273 g/mol. The van der Waals surface area contributed by atoms with Gasteiger partial charge in [0.2, 0.25) is 5.91 Å². The summed E-state index contributed by atoms with van der Waals surface area (Å²) >= 11 is 0. The van der Waals surface area contributed by atoms with Crippen LogP contribution >= 0.6 is 0 Å². The second-order valence-electron chi connectivity index (χ2n) is 5.72. The molecule has 2 aliphatic rings. The van der Waals surface area contributed by atoms with Crippen LogP contribution in [-0.2, 0) is 20.7 Å². The van der Waals surface area contributed by atoms with Gasteiger partial charge in [-0.2, -0.15) is 0 Å². The molecule has 2 aliphatic carbocycles. The van der Waals surface area contributed by atoms with E-state index in [-0.39, 0.29) is 24.3 Å². The number of methoxy groups -OCH3 is 1. The van der Waals surface area contributed by atoms with Crippen LogP contribution in [0.1, 0.15) is 23.5 Å². The molecule has 0 radical (unpaired) electrons. The predicted molar refractivity (Wildman–Crippen MR) is 74.1 cm³/mol. The molecule has 106 valence electrons. The van der Waals surface area contributed by atoms with Crippen molar-refractivity contribution >= 4 is 11.9 Å². The van der Waals surface area contributed by atoms with Crippen molar-refractivity contribution in [2.75, 3.05) is 20.7 Å². The lowest BCUT2D eigenvalue weighted by molar-refractivity contribution is -0.146. The van der Waals surface area contributed by atoms with Gasteiger partial charge in [0.1, 0.15) is 6.54 Å². The standard InChI is InChI=1S/C16H19NO3/c1-17(9-13(18)20-2)16(19)15-12-8-7-10-5-3-4-6-11(10)14(12)15/h3-6,12,14-15H,7-9H2,1-2H3. The number of carbonyl (C=O) groups is 2. The molecule has 1 saturated carbocycles. The minimum atomic E-state index is -0.370. The summed E-state index contributed by atoms with van der Waals surface area (Å²) in [5, 5.41) is 0. The fraction of sp³-hybridized carbons (Fsp3) is 0.500. The Bertz CT molecular complexity index is 554. The number of carbonyl (C=O) groups excluding carboxylic acids is 2. The lowest BCUT2D eigenvalue weighted by Gasteiger charge is -2.15. The van der Waals surface area contributed by atoms with Crippen LogP contribution in [-0.4, -0.2) is 37.5 Å². The highest BCUT2D eigenvalue weighted by atomic mass is 16.5. The first-order valence-electron chi connectivity index (χ1n) is 7.03. The number of fused-ring (bicyclic) bond motifs is 3. The molecule has 20 heavy (non-hydrogen) atoms. The summed E-state index contributed by atoms with van der Waals surface area (Å²) in [6.45, 7) is 0.0346. The molecule has 1 fully saturated rings. The van der Waals surface area contributed by atoms with E-state index in [4.69, 9.17) is 0 Å². The number of likely N-dealkylation sites (N-methyl/N-ethyl adjacent to an activating group) is 1. The summed E-state index contributed by atoms with van der Waals surface area (Å²) in [4.78, 5) is 25.2. The Morgan fingerprint density at radius 3 is 2.85 bits per heavy atom. The Kier molecular flexibility index (Phi) is 3.24. The third kappa shape index (κ3) is 2.09. The minimum absolute atomic E-state index is 0.0346. The highest BCUT2D eigenvalue weighted by molar-refractivity contribution is 5.87. The fourth-order valence-electron chi connectivity index (χ4n) is 3.49. The van der Waals surface area contributed by atoms with Gasteiger partial charge in [-0.15, -0.1) is 0 Å². The number of esters is 1. The number of nitrogens with zero attached hydrogens (tertiary/aromatic N) is 1. The van der Waals surface area contributed by atoms with E-state index in [1.165, 1.54) is 23.1 Å². The zero-order chi connectivity index (χ0) is 14.3. The first-order valence-corrected chi connectivity index (χ1v) is 7.03. The van der Waals surface area contributed by atoms with E-state index in [9.17, 15) is 9.59 Å². The van der Waals surface area contributed by atoms with Crippen LogP contribution in [0.3, 0.4) is 0 Å². The van der Waals surface area contributed by atoms with Crippen LogP contribution in [0, 0.1) is 11.8 Å². The molecule has 3 unspecified atom stereocenters. The maximum atomic E-state index is 12.5. The summed E-state index contributed by atoms with van der Waals surface area (Å²) in [7, 11) is 3.02. The Balaban J connectivity index is 1.72. The van der Waals surface area contributed by atoms with E-state index < -0.39 is 0 Å². The summed E-state index contributed by atoms with van der Waals surface area (Å²) in [6, 6.07) is 8.39.